The molecule has 3 heterocycles. The van der Waals surface area contributed by atoms with Crippen LogP contribution < -0.4 is 5.32 Å². The SMILES string of the molecule is O=C(NCC1CC1)c1nnc2n1CC[C@@]1(CC2)CCN(C(=O)Cc2ccccc2)C1. The molecule has 2 fully saturated rings. The maximum Gasteiger partial charge on any atom is 0.289 e. The number of benzene rings is 1. The first-order valence-electron chi connectivity index (χ1n) is 11.1. The van der Waals surface area contributed by atoms with Gasteiger partial charge in [-0.25, -0.2) is 0 Å². The summed E-state index contributed by atoms with van der Waals surface area (Å²) >= 11 is 0. The van der Waals surface area contributed by atoms with Crippen molar-refractivity contribution in [2.45, 2.75) is 51.5 Å². The molecule has 0 bridgehead atoms. The molecule has 0 radical (unpaired) electrons. The predicted molar refractivity (Wildman–Crippen MR) is 112 cm³/mol. The average molecular weight is 408 g/mol. The van der Waals surface area contributed by atoms with Crippen molar-refractivity contribution in [3.8, 4) is 0 Å². The molecule has 1 spiro atoms. The maximum absolute atomic E-state index is 12.8. The average Bonchev–Trinajstić information content (AvgIpc) is 3.40. The molecule has 0 unspecified atom stereocenters. The van der Waals surface area contributed by atoms with Crippen LogP contribution in [0.15, 0.2) is 30.3 Å². The highest BCUT2D eigenvalue weighted by Gasteiger charge is 2.41. The summed E-state index contributed by atoms with van der Waals surface area (Å²) in [4.78, 5) is 27.4. The van der Waals surface area contributed by atoms with E-state index in [1.807, 2.05) is 39.8 Å². The van der Waals surface area contributed by atoms with Crippen LogP contribution in [0.2, 0.25) is 0 Å². The molecule has 1 atom stereocenters. The van der Waals surface area contributed by atoms with Gasteiger partial charge in [-0.15, -0.1) is 10.2 Å². The van der Waals surface area contributed by atoms with E-state index in [9.17, 15) is 9.59 Å². The number of aryl methyl sites for hydroxylation is 1. The van der Waals surface area contributed by atoms with Crippen molar-refractivity contribution in [3.05, 3.63) is 47.5 Å². The molecule has 3 aliphatic rings. The number of nitrogens with one attached hydrogen (secondary N) is 1. The van der Waals surface area contributed by atoms with Gasteiger partial charge in [0.05, 0.1) is 6.42 Å². The van der Waals surface area contributed by atoms with Crippen LogP contribution in [-0.4, -0.2) is 51.1 Å². The van der Waals surface area contributed by atoms with Gasteiger partial charge in [-0.3, -0.25) is 9.59 Å². The summed E-state index contributed by atoms with van der Waals surface area (Å²) in [5, 5.41) is 11.5. The molecule has 158 valence electrons. The second kappa shape index (κ2) is 7.85. The summed E-state index contributed by atoms with van der Waals surface area (Å²) in [6.07, 6.45) is 6.66. The zero-order valence-electron chi connectivity index (χ0n) is 17.3. The highest BCUT2D eigenvalue weighted by Crippen LogP contribution is 2.41. The second-order valence-corrected chi connectivity index (χ2v) is 9.22. The molecular formula is C23H29N5O2. The van der Waals surface area contributed by atoms with E-state index in [1.165, 1.54) is 12.8 Å². The van der Waals surface area contributed by atoms with Crippen molar-refractivity contribution in [1.29, 1.82) is 0 Å². The minimum atomic E-state index is -0.109. The summed E-state index contributed by atoms with van der Waals surface area (Å²) in [5.41, 5.74) is 1.19. The molecule has 1 saturated heterocycles. The lowest BCUT2D eigenvalue weighted by Gasteiger charge is -2.27. The van der Waals surface area contributed by atoms with Crippen LogP contribution in [0.4, 0.5) is 0 Å². The van der Waals surface area contributed by atoms with E-state index in [2.05, 4.69) is 15.5 Å². The number of nitrogens with zero attached hydrogens (tertiary/aromatic N) is 4. The Labute approximate surface area is 176 Å². The molecule has 5 rings (SSSR count). The lowest BCUT2D eigenvalue weighted by molar-refractivity contribution is -0.129. The minimum absolute atomic E-state index is 0.109. The molecule has 2 aromatic rings. The molecule has 1 saturated carbocycles. The fraction of sp³-hybridized carbons (Fsp3) is 0.565. The first-order chi connectivity index (χ1) is 14.6. The third kappa shape index (κ3) is 3.98. The molecule has 1 N–H and O–H groups in total. The molecule has 1 aliphatic carbocycles. The number of hydrogen-bond acceptors (Lipinski definition) is 4. The van der Waals surface area contributed by atoms with Gasteiger partial charge in [0.25, 0.3) is 5.91 Å². The summed E-state index contributed by atoms with van der Waals surface area (Å²) in [7, 11) is 0. The predicted octanol–water partition coefficient (Wildman–Crippen LogP) is 2.22. The van der Waals surface area contributed by atoms with E-state index in [1.54, 1.807) is 0 Å². The third-order valence-electron chi connectivity index (χ3n) is 7.01. The molecule has 1 aromatic carbocycles. The Bertz CT molecular complexity index is 936. The Balaban J connectivity index is 1.22. The topological polar surface area (TPSA) is 80.1 Å². The van der Waals surface area contributed by atoms with Crippen LogP contribution in [0.25, 0.3) is 0 Å². The summed E-state index contributed by atoms with van der Waals surface area (Å²) in [6.45, 7) is 3.11. The number of rotatable bonds is 5. The van der Waals surface area contributed by atoms with Gasteiger partial charge in [0.1, 0.15) is 5.82 Å². The molecular weight excluding hydrogens is 378 g/mol. The Morgan fingerprint density at radius 2 is 1.87 bits per heavy atom. The van der Waals surface area contributed by atoms with E-state index in [0.29, 0.717) is 18.2 Å². The minimum Gasteiger partial charge on any atom is -0.349 e. The molecule has 7 heteroatoms. The van der Waals surface area contributed by atoms with Crippen LogP contribution >= 0.6 is 0 Å². The van der Waals surface area contributed by atoms with Crippen molar-refractivity contribution in [2.75, 3.05) is 19.6 Å². The number of likely N-dealkylation sites (tertiary alicyclic amines) is 1. The quantitative estimate of drug-likeness (QED) is 0.824. The summed E-state index contributed by atoms with van der Waals surface area (Å²) in [5.74, 6) is 2.08. The van der Waals surface area contributed by atoms with Crippen LogP contribution in [0.1, 0.15) is 54.1 Å². The molecule has 2 amide bonds. The number of fused-ring (bicyclic) bond motifs is 1. The van der Waals surface area contributed by atoms with E-state index >= 15 is 0 Å². The number of amides is 2. The standard InChI is InChI=1S/C23H29N5O2/c29-20(14-17-4-2-1-3-5-17)27-12-10-23(16-27)9-8-19-25-26-21(28(19)13-11-23)22(30)24-15-18-6-7-18/h1-5,18H,6-16H2,(H,24,30)/t23-/m1/s1. The van der Waals surface area contributed by atoms with Gasteiger partial charge in [0.2, 0.25) is 11.7 Å². The Morgan fingerprint density at radius 1 is 1.07 bits per heavy atom. The van der Waals surface area contributed by atoms with E-state index < -0.39 is 0 Å². The molecule has 7 nitrogen and oxygen atoms in total. The smallest absolute Gasteiger partial charge is 0.289 e. The lowest BCUT2D eigenvalue weighted by Crippen LogP contribution is -2.33. The summed E-state index contributed by atoms with van der Waals surface area (Å²) < 4.78 is 2.01. The van der Waals surface area contributed by atoms with Crippen molar-refractivity contribution < 1.29 is 9.59 Å². The molecule has 30 heavy (non-hydrogen) atoms. The highest BCUT2D eigenvalue weighted by molar-refractivity contribution is 5.90. The Morgan fingerprint density at radius 3 is 2.67 bits per heavy atom. The zero-order chi connectivity index (χ0) is 20.6. The lowest BCUT2D eigenvalue weighted by atomic mass is 9.80. The fourth-order valence-corrected chi connectivity index (χ4v) is 4.85. The van der Waals surface area contributed by atoms with Gasteiger partial charge in [0.15, 0.2) is 0 Å². The van der Waals surface area contributed by atoms with Crippen molar-refractivity contribution in [3.63, 3.8) is 0 Å². The van der Waals surface area contributed by atoms with Crippen molar-refractivity contribution in [1.82, 2.24) is 25.0 Å². The van der Waals surface area contributed by atoms with E-state index in [-0.39, 0.29) is 17.2 Å². The molecule has 2 aliphatic heterocycles. The first kappa shape index (κ1) is 19.3. The van der Waals surface area contributed by atoms with Crippen LogP contribution in [-0.2, 0) is 24.2 Å². The van der Waals surface area contributed by atoms with E-state index in [4.69, 9.17) is 0 Å². The summed E-state index contributed by atoms with van der Waals surface area (Å²) in [6, 6.07) is 9.96. The van der Waals surface area contributed by atoms with Crippen LogP contribution in [0, 0.1) is 11.3 Å². The van der Waals surface area contributed by atoms with Gasteiger partial charge in [-0.2, -0.15) is 0 Å². The molecule has 1 aromatic heterocycles. The second-order valence-electron chi connectivity index (χ2n) is 9.22. The van der Waals surface area contributed by atoms with Gasteiger partial charge in [0, 0.05) is 32.6 Å². The number of aromatic nitrogens is 3. The number of carbonyl (C=O) groups excluding carboxylic acids is 2. The number of hydrogen-bond donors (Lipinski definition) is 1. The van der Waals surface area contributed by atoms with Gasteiger partial charge < -0.3 is 14.8 Å². The van der Waals surface area contributed by atoms with Crippen molar-refractivity contribution in [2.24, 2.45) is 11.3 Å². The fourth-order valence-electron chi connectivity index (χ4n) is 4.85. The van der Waals surface area contributed by atoms with Crippen molar-refractivity contribution >= 4 is 11.8 Å². The monoisotopic (exact) mass is 407 g/mol. The van der Waals surface area contributed by atoms with Gasteiger partial charge in [-0.1, -0.05) is 30.3 Å². The van der Waals surface area contributed by atoms with Crippen LogP contribution in [0.3, 0.4) is 0 Å². The van der Waals surface area contributed by atoms with Gasteiger partial charge >= 0.3 is 0 Å². The van der Waals surface area contributed by atoms with E-state index in [0.717, 1.165) is 63.3 Å². The zero-order valence-corrected chi connectivity index (χ0v) is 17.3. The first-order valence-corrected chi connectivity index (χ1v) is 11.1. The van der Waals surface area contributed by atoms with Gasteiger partial charge in [-0.05, 0) is 49.0 Å². The normalized spacial score (nSPS) is 23.3. The largest absolute Gasteiger partial charge is 0.349 e. The highest BCUT2D eigenvalue weighted by atomic mass is 16.2. The third-order valence-corrected chi connectivity index (χ3v) is 7.01. The maximum atomic E-state index is 12.8. The number of carbonyl (C=O) groups is 2. The van der Waals surface area contributed by atoms with Crippen LogP contribution in [0.5, 0.6) is 0 Å². The Kier molecular flexibility index (Phi) is 5.05. The Hall–Kier alpha value is -2.70.